The highest BCUT2D eigenvalue weighted by Gasteiger charge is 2.32. The van der Waals surface area contributed by atoms with Crippen LogP contribution < -0.4 is 10.6 Å². The number of pyridine rings is 1. The topological polar surface area (TPSA) is 95.1 Å². The number of amidine groups is 1. The first-order valence-corrected chi connectivity index (χ1v) is 11.5. The van der Waals surface area contributed by atoms with Crippen LogP contribution in [0.4, 0.5) is 10.1 Å². The Bertz CT molecular complexity index is 1530. The lowest BCUT2D eigenvalue weighted by molar-refractivity contribution is -0.113. The number of H-pyrrole nitrogens is 1. The molecule has 1 aliphatic heterocycles. The van der Waals surface area contributed by atoms with Gasteiger partial charge in [0.2, 0.25) is 0 Å². The van der Waals surface area contributed by atoms with E-state index in [-0.39, 0.29) is 26.5 Å². The normalized spacial score (nSPS) is 15.7. The SMILES string of the molecule is CC1=C(C(=O)Nc2ccc3[nH]ncc3c2)C(c2ccc(Cl)cc2F)N=C(c2cc(Cl)nc(Cl)c2)N1. The largest absolute Gasteiger partial charge is 0.343 e. The van der Waals surface area contributed by atoms with Crippen LogP contribution in [0.2, 0.25) is 15.3 Å². The molecule has 3 N–H and O–H groups in total. The van der Waals surface area contributed by atoms with Gasteiger partial charge in [0.05, 0.1) is 17.3 Å². The molecule has 0 radical (unpaired) electrons. The zero-order valence-electron chi connectivity index (χ0n) is 18.0. The van der Waals surface area contributed by atoms with Crippen LogP contribution in [0.1, 0.15) is 24.1 Å². The number of allylic oxidation sites excluding steroid dienone is 1. The summed E-state index contributed by atoms with van der Waals surface area (Å²) < 4.78 is 15.0. The molecule has 1 aliphatic rings. The van der Waals surface area contributed by atoms with Crippen LogP contribution in [0.5, 0.6) is 0 Å². The van der Waals surface area contributed by atoms with Crippen LogP contribution >= 0.6 is 34.8 Å². The molecule has 4 aromatic rings. The molecule has 0 saturated heterocycles. The van der Waals surface area contributed by atoms with E-state index in [2.05, 4.69) is 30.8 Å². The highest BCUT2D eigenvalue weighted by atomic mass is 35.5. The molecule has 1 atom stereocenters. The quantitative estimate of drug-likeness (QED) is 0.280. The van der Waals surface area contributed by atoms with Gasteiger partial charge in [-0.05, 0) is 49.4 Å². The lowest BCUT2D eigenvalue weighted by Crippen LogP contribution is -2.34. The zero-order chi connectivity index (χ0) is 24.7. The smallest absolute Gasteiger partial charge is 0.255 e. The fraction of sp³-hybridized carbons (Fsp3) is 0.0833. The van der Waals surface area contributed by atoms with Crippen molar-refractivity contribution in [3.63, 3.8) is 0 Å². The van der Waals surface area contributed by atoms with Crippen LogP contribution in [0.3, 0.4) is 0 Å². The molecule has 0 fully saturated rings. The number of carbonyl (C=O) groups is 1. The van der Waals surface area contributed by atoms with Gasteiger partial charge < -0.3 is 10.6 Å². The van der Waals surface area contributed by atoms with Crippen molar-refractivity contribution < 1.29 is 9.18 Å². The molecule has 0 saturated carbocycles. The number of rotatable bonds is 4. The zero-order valence-corrected chi connectivity index (χ0v) is 20.3. The van der Waals surface area contributed by atoms with E-state index in [1.165, 1.54) is 12.1 Å². The van der Waals surface area contributed by atoms with Gasteiger partial charge in [-0.25, -0.2) is 9.37 Å². The Morgan fingerprint density at radius 3 is 2.57 bits per heavy atom. The molecule has 2 aromatic heterocycles. The third-order valence-corrected chi connectivity index (χ3v) is 6.10. The van der Waals surface area contributed by atoms with Crippen molar-refractivity contribution in [1.82, 2.24) is 20.5 Å². The first kappa shape index (κ1) is 23.3. The standard InChI is InChI=1S/C24H16Cl3FN6O/c1-11-21(24(35)31-15-3-5-18-13(6-15)10-29-34-18)22(16-4-2-14(25)9-17(16)28)33-23(30-11)12-7-19(26)32-20(27)8-12/h2-10,22H,1H3,(H,29,34)(H,30,33)(H,31,35). The van der Waals surface area contributed by atoms with Crippen molar-refractivity contribution in [2.24, 2.45) is 4.99 Å². The highest BCUT2D eigenvalue weighted by molar-refractivity contribution is 6.33. The summed E-state index contributed by atoms with van der Waals surface area (Å²) in [6, 6.07) is 11.8. The van der Waals surface area contributed by atoms with Gasteiger partial charge in [0.25, 0.3) is 5.91 Å². The fourth-order valence-electron chi connectivity index (χ4n) is 3.89. The summed E-state index contributed by atoms with van der Waals surface area (Å²) in [6.45, 7) is 1.72. The molecule has 35 heavy (non-hydrogen) atoms. The van der Waals surface area contributed by atoms with E-state index in [9.17, 15) is 4.79 Å². The predicted octanol–water partition coefficient (Wildman–Crippen LogP) is 6.06. The first-order valence-electron chi connectivity index (χ1n) is 10.4. The van der Waals surface area contributed by atoms with Crippen molar-refractivity contribution in [2.45, 2.75) is 13.0 Å². The molecule has 2 aromatic carbocycles. The van der Waals surface area contributed by atoms with Crippen molar-refractivity contribution in [3.8, 4) is 0 Å². The average molecular weight is 530 g/mol. The Labute approximate surface area is 214 Å². The van der Waals surface area contributed by atoms with Gasteiger partial charge >= 0.3 is 0 Å². The number of aromatic nitrogens is 3. The third kappa shape index (κ3) is 4.73. The number of hydrogen-bond donors (Lipinski definition) is 3. The Hall–Kier alpha value is -3.46. The van der Waals surface area contributed by atoms with Crippen molar-refractivity contribution in [2.75, 3.05) is 5.32 Å². The van der Waals surface area contributed by atoms with Gasteiger partial charge in [-0.2, -0.15) is 5.10 Å². The maximum absolute atomic E-state index is 15.0. The molecule has 176 valence electrons. The summed E-state index contributed by atoms with van der Waals surface area (Å²) in [5.41, 5.74) is 2.85. The maximum Gasteiger partial charge on any atom is 0.255 e. The van der Waals surface area contributed by atoms with Crippen LogP contribution in [-0.2, 0) is 4.79 Å². The number of nitrogens with zero attached hydrogens (tertiary/aromatic N) is 3. The number of benzene rings is 2. The van der Waals surface area contributed by atoms with E-state index < -0.39 is 17.8 Å². The number of anilines is 1. The second-order valence-electron chi connectivity index (χ2n) is 7.84. The summed E-state index contributed by atoms with van der Waals surface area (Å²) in [6.07, 6.45) is 1.66. The maximum atomic E-state index is 15.0. The Morgan fingerprint density at radius 2 is 1.83 bits per heavy atom. The van der Waals surface area contributed by atoms with Gasteiger partial charge in [0.1, 0.15) is 28.0 Å². The predicted molar refractivity (Wildman–Crippen MR) is 136 cm³/mol. The van der Waals surface area contributed by atoms with Crippen molar-refractivity contribution >= 4 is 63.1 Å². The molecule has 0 bridgehead atoms. The molecule has 5 rings (SSSR count). The van der Waals surface area contributed by atoms with Gasteiger partial charge in [0, 0.05) is 32.9 Å². The number of amides is 1. The summed E-state index contributed by atoms with van der Waals surface area (Å²) in [4.78, 5) is 22.1. The summed E-state index contributed by atoms with van der Waals surface area (Å²) in [7, 11) is 0. The van der Waals surface area contributed by atoms with Crippen LogP contribution in [0.25, 0.3) is 10.9 Å². The molecule has 11 heteroatoms. The summed E-state index contributed by atoms with van der Waals surface area (Å²) >= 11 is 18.1. The highest BCUT2D eigenvalue weighted by Crippen LogP contribution is 2.35. The number of halogens is 4. The number of aromatic amines is 1. The van der Waals surface area contributed by atoms with Gasteiger partial charge in [0.15, 0.2) is 0 Å². The van der Waals surface area contributed by atoms with E-state index >= 15 is 4.39 Å². The minimum Gasteiger partial charge on any atom is -0.343 e. The Morgan fingerprint density at radius 1 is 1.06 bits per heavy atom. The summed E-state index contributed by atoms with van der Waals surface area (Å²) in [5.74, 6) is -0.661. The molecule has 0 spiro atoms. The third-order valence-electron chi connectivity index (χ3n) is 5.48. The molecule has 0 aliphatic carbocycles. The summed E-state index contributed by atoms with van der Waals surface area (Å²) in [5, 5.41) is 14.3. The van der Waals surface area contributed by atoms with Crippen LogP contribution in [0.15, 0.2) is 71.0 Å². The Balaban J connectivity index is 1.57. The number of fused-ring (bicyclic) bond motifs is 1. The molecule has 1 unspecified atom stereocenters. The van der Waals surface area contributed by atoms with E-state index in [1.807, 2.05) is 6.07 Å². The second-order valence-corrected chi connectivity index (χ2v) is 9.05. The van der Waals surface area contributed by atoms with Crippen molar-refractivity contribution in [1.29, 1.82) is 0 Å². The van der Waals surface area contributed by atoms with E-state index in [0.29, 0.717) is 22.8 Å². The van der Waals surface area contributed by atoms with E-state index in [1.54, 1.807) is 43.5 Å². The number of nitrogens with one attached hydrogen (secondary N) is 3. The van der Waals surface area contributed by atoms with Gasteiger partial charge in [-0.15, -0.1) is 0 Å². The molecular weight excluding hydrogens is 514 g/mol. The van der Waals surface area contributed by atoms with E-state index in [4.69, 9.17) is 34.8 Å². The fourth-order valence-corrected chi connectivity index (χ4v) is 4.51. The number of aliphatic imine (C=N–C) groups is 1. The minimum atomic E-state index is -0.966. The monoisotopic (exact) mass is 528 g/mol. The lowest BCUT2D eigenvalue weighted by atomic mass is 9.94. The second kappa shape index (κ2) is 9.30. The van der Waals surface area contributed by atoms with Crippen molar-refractivity contribution in [3.05, 3.63) is 98.3 Å². The van der Waals surface area contributed by atoms with Gasteiger partial charge in [-0.1, -0.05) is 40.9 Å². The van der Waals surface area contributed by atoms with E-state index in [0.717, 1.165) is 10.9 Å². The number of hydrogen-bond acceptors (Lipinski definition) is 5. The minimum absolute atomic E-state index is 0.172. The number of carbonyl (C=O) groups excluding carboxylic acids is 1. The molecular formula is C24H16Cl3FN6O. The lowest BCUT2D eigenvalue weighted by Gasteiger charge is -2.27. The average Bonchev–Trinajstić information content (AvgIpc) is 3.26. The van der Waals surface area contributed by atoms with Gasteiger partial charge in [-0.3, -0.25) is 14.9 Å². The first-order chi connectivity index (χ1) is 16.8. The van der Waals surface area contributed by atoms with Crippen LogP contribution in [0, 0.1) is 5.82 Å². The molecule has 1 amide bonds. The van der Waals surface area contributed by atoms with Crippen LogP contribution in [-0.4, -0.2) is 26.9 Å². The molecule has 3 heterocycles. The molecule has 7 nitrogen and oxygen atoms in total. The Kier molecular flexibility index (Phi) is 6.19.